The molecular formula is C13H19NO. The molecule has 1 unspecified atom stereocenters. The molecule has 2 heteroatoms. The fraction of sp³-hybridized carbons (Fsp3) is 0.385. The van der Waals surface area contributed by atoms with E-state index < -0.39 is 0 Å². The summed E-state index contributed by atoms with van der Waals surface area (Å²) in [6.07, 6.45) is 2.59. The van der Waals surface area contributed by atoms with Gasteiger partial charge >= 0.3 is 0 Å². The van der Waals surface area contributed by atoms with Gasteiger partial charge in [0.1, 0.15) is 12.4 Å². The van der Waals surface area contributed by atoms with Crippen molar-refractivity contribution in [1.29, 1.82) is 0 Å². The predicted octanol–water partition coefficient (Wildman–Crippen LogP) is 2.45. The summed E-state index contributed by atoms with van der Waals surface area (Å²) in [7, 11) is 0. The first-order valence-electron chi connectivity index (χ1n) is 5.22. The van der Waals surface area contributed by atoms with Crippen molar-refractivity contribution in [2.45, 2.75) is 26.3 Å². The lowest BCUT2D eigenvalue weighted by Gasteiger charge is -2.12. The van der Waals surface area contributed by atoms with E-state index in [0.29, 0.717) is 6.61 Å². The van der Waals surface area contributed by atoms with E-state index in [-0.39, 0.29) is 6.04 Å². The van der Waals surface area contributed by atoms with Gasteiger partial charge in [-0.1, -0.05) is 30.4 Å². The predicted molar refractivity (Wildman–Crippen MR) is 64.2 cm³/mol. The molecule has 0 fully saturated rings. The second-order valence-corrected chi connectivity index (χ2v) is 3.89. The summed E-state index contributed by atoms with van der Waals surface area (Å²) in [4.78, 5) is 0. The lowest BCUT2D eigenvalue weighted by Crippen LogP contribution is -2.18. The highest BCUT2D eigenvalue weighted by molar-refractivity contribution is 5.37. The Labute approximate surface area is 91.7 Å². The molecule has 82 valence electrons. The smallest absolute Gasteiger partial charge is 0.123 e. The molecule has 0 aromatic heterocycles. The Morgan fingerprint density at radius 2 is 2.27 bits per heavy atom. The number of aryl methyl sites for hydroxylation is 1. The molecule has 0 heterocycles. The van der Waals surface area contributed by atoms with Crippen molar-refractivity contribution < 1.29 is 4.74 Å². The van der Waals surface area contributed by atoms with Gasteiger partial charge in [0, 0.05) is 6.04 Å². The number of ether oxygens (including phenoxy) is 1. The van der Waals surface area contributed by atoms with E-state index in [0.717, 1.165) is 12.2 Å². The molecule has 0 spiro atoms. The van der Waals surface area contributed by atoms with Gasteiger partial charge in [0.2, 0.25) is 0 Å². The maximum Gasteiger partial charge on any atom is 0.123 e. The van der Waals surface area contributed by atoms with Crippen LogP contribution in [-0.4, -0.2) is 12.6 Å². The Balaban J connectivity index is 2.86. The first kappa shape index (κ1) is 11.8. The first-order valence-corrected chi connectivity index (χ1v) is 5.22. The maximum absolute atomic E-state index is 5.80. The van der Waals surface area contributed by atoms with Crippen LogP contribution < -0.4 is 10.5 Å². The van der Waals surface area contributed by atoms with Crippen molar-refractivity contribution in [3.05, 3.63) is 42.0 Å². The summed E-state index contributed by atoms with van der Waals surface area (Å²) in [5.74, 6) is 0.915. The van der Waals surface area contributed by atoms with Crippen LogP contribution in [0, 0.1) is 6.92 Å². The molecule has 1 rings (SSSR count). The molecule has 0 aliphatic heterocycles. The summed E-state index contributed by atoms with van der Waals surface area (Å²) in [6, 6.07) is 6.32. The van der Waals surface area contributed by atoms with E-state index >= 15 is 0 Å². The van der Waals surface area contributed by atoms with Crippen LogP contribution in [0.25, 0.3) is 0 Å². The molecule has 0 aliphatic rings. The maximum atomic E-state index is 5.80. The topological polar surface area (TPSA) is 35.2 Å². The van der Waals surface area contributed by atoms with Gasteiger partial charge in [0.15, 0.2) is 0 Å². The first-order chi connectivity index (χ1) is 7.13. The Hall–Kier alpha value is -1.28. The molecule has 1 aromatic carbocycles. The third kappa shape index (κ3) is 3.76. The summed E-state index contributed by atoms with van der Waals surface area (Å²) >= 11 is 0. The normalized spacial score (nSPS) is 12.2. The van der Waals surface area contributed by atoms with Crippen molar-refractivity contribution in [1.82, 2.24) is 0 Å². The van der Waals surface area contributed by atoms with Crippen LogP contribution in [0.3, 0.4) is 0 Å². The number of benzene rings is 1. The highest BCUT2D eigenvalue weighted by atomic mass is 16.5. The highest BCUT2D eigenvalue weighted by Gasteiger charge is 2.05. The van der Waals surface area contributed by atoms with Crippen LogP contribution in [0.5, 0.6) is 5.75 Å². The molecule has 0 bridgehead atoms. The minimum atomic E-state index is 0.151. The fourth-order valence-corrected chi connectivity index (χ4v) is 1.50. The molecule has 1 atom stereocenters. The average Bonchev–Trinajstić information content (AvgIpc) is 2.16. The number of nitrogens with two attached hydrogens (primary N) is 1. The van der Waals surface area contributed by atoms with Gasteiger partial charge in [-0.15, -0.1) is 0 Å². The largest absolute Gasteiger partial charge is 0.489 e. The van der Waals surface area contributed by atoms with Crippen molar-refractivity contribution in [2.24, 2.45) is 5.73 Å². The summed E-state index contributed by atoms with van der Waals surface area (Å²) < 4.78 is 5.57. The third-order valence-electron chi connectivity index (χ3n) is 2.11. The van der Waals surface area contributed by atoms with Gasteiger partial charge in [-0.2, -0.15) is 0 Å². The molecule has 1 aromatic rings. The standard InChI is InChI=1S/C13H19NO/c1-4-7-15-13-6-5-10(2)8-12(13)9-11(3)14/h4-6,8,11H,1,7,9,14H2,2-3H3. The highest BCUT2D eigenvalue weighted by Crippen LogP contribution is 2.21. The molecule has 15 heavy (non-hydrogen) atoms. The SMILES string of the molecule is C=CCOc1ccc(C)cc1CC(C)N. The van der Waals surface area contributed by atoms with Gasteiger partial charge in [-0.3, -0.25) is 0 Å². The van der Waals surface area contributed by atoms with Crippen molar-refractivity contribution in [3.63, 3.8) is 0 Å². The minimum absolute atomic E-state index is 0.151. The fourth-order valence-electron chi connectivity index (χ4n) is 1.50. The average molecular weight is 205 g/mol. The van der Waals surface area contributed by atoms with Crippen molar-refractivity contribution in [2.75, 3.05) is 6.61 Å². The van der Waals surface area contributed by atoms with Gasteiger partial charge in [-0.05, 0) is 31.9 Å². The number of rotatable bonds is 5. The molecule has 2 N–H and O–H groups in total. The summed E-state index contributed by atoms with van der Waals surface area (Å²) in [5, 5.41) is 0. The van der Waals surface area contributed by atoms with Gasteiger partial charge in [-0.25, -0.2) is 0 Å². The second-order valence-electron chi connectivity index (χ2n) is 3.89. The molecule has 0 amide bonds. The van der Waals surface area contributed by atoms with Crippen molar-refractivity contribution >= 4 is 0 Å². The summed E-state index contributed by atoms with van der Waals surface area (Å²) in [6.45, 7) is 8.24. The Morgan fingerprint density at radius 3 is 2.87 bits per heavy atom. The van der Waals surface area contributed by atoms with E-state index in [1.807, 2.05) is 19.1 Å². The van der Waals surface area contributed by atoms with Gasteiger partial charge in [0.05, 0.1) is 0 Å². The lowest BCUT2D eigenvalue weighted by molar-refractivity contribution is 0.358. The number of hydrogen-bond donors (Lipinski definition) is 1. The van der Waals surface area contributed by atoms with E-state index in [9.17, 15) is 0 Å². The van der Waals surface area contributed by atoms with Gasteiger partial charge < -0.3 is 10.5 Å². The molecule has 0 aliphatic carbocycles. The Morgan fingerprint density at radius 1 is 1.53 bits per heavy atom. The molecule has 0 saturated carbocycles. The van der Waals surface area contributed by atoms with Crippen LogP contribution in [0.15, 0.2) is 30.9 Å². The minimum Gasteiger partial charge on any atom is -0.489 e. The zero-order chi connectivity index (χ0) is 11.3. The second kappa shape index (κ2) is 5.56. The summed E-state index contributed by atoms with van der Waals surface area (Å²) in [5.41, 5.74) is 8.20. The molecule has 0 radical (unpaired) electrons. The van der Waals surface area contributed by atoms with Crippen LogP contribution in [0.1, 0.15) is 18.1 Å². The van der Waals surface area contributed by atoms with Crippen molar-refractivity contribution in [3.8, 4) is 5.75 Å². The lowest BCUT2D eigenvalue weighted by atomic mass is 10.0. The molecular weight excluding hydrogens is 186 g/mol. The van der Waals surface area contributed by atoms with E-state index in [1.165, 1.54) is 11.1 Å². The van der Waals surface area contributed by atoms with Crippen LogP contribution in [0.4, 0.5) is 0 Å². The van der Waals surface area contributed by atoms with Crippen LogP contribution >= 0.6 is 0 Å². The monoisotopic (exact) mass is 205 g/mol. The zero-order valence-corrected chi connectivity index (χ0v) is 9.49. The van der Waals surface area contributed by atoms with E-state index in [4.69, 9.17) is 10.5 Å². The zero-order valence-electron chi connectivity index (χ0n) is 9.49. The molecule has 2 nitrogen and oxygen atoms in total. The third-order valence-corrected chi connectivity index (χ3v) is 2.11. The van der Waals surface area contributed by atoms with Gasteiger partial charge in [0.25, 0.3) is 0 Å². The molecule has 0 saturated heterocycles. The Kier molecular flexibility index (Phi) is 4.37. The quantitative estimate of drug-likeness (QED) is 0.749. The van der Waals surface area contributed by atoms with E-state index in [2.05, 4.69) is 19.6 Å². The van der Waals surface area contributed by atoms with Crippen LogP contribution in [0.2, 0.25) is 0 Å². The van der Waals surface area contributed by atoms with E-state index in [1.54, 1.807) is 6.08 Å². The van der Waals surface area contributed by atoms with Crippen LogP contribution in [-0.2, 0) is 6.42 Å². The number of hydrogen-bond acceptors (Lipinski definition) is 2. The Bertz CT molecular complexity index is 331.